The molecule has 2 aromatic heterocycles. The average Bonchev–Trinajstić information content (AvgIpc) is 3.00. The van der Waals surface area contributed by atoms with Crippen molar-refractivity contribution in [3.63, 3.8) is 0 Å². The summed E-state index contributed by atoms with van der Waals surface area (Å²) in [6, 6.07) is 6.79. The number of esters is 1. The van der Waals surface area contributed by atoms with E-state index in [1.54, 1.807) is 24.3 Å². The highest BCUT2D eigenvalue weighted by atomic mass is 16.5. The zero-order chi connectivity index (χ0) is 18.4. The molecule has 0 amide bonds. The van der Waals surface area contributed by atoms with Gasteiger partial charge < -0.3 is 10.1 Å². The lowest BCUT2D eigenvalue weighted by atomic mass is 9.83. The quantitative estimate of drug-likeness (QED) is 0.399. The first-order valence-electron chi connectivity index (χ1n) is 7.86. The number of aryl methyl sites for hydroxylation is 1. The van der Waals surface area contributed by atoms with Crippen LogP contribution in [0.5, 0.6) is 0 Å². The second-order valence-electron chi connectivity index (χ2n) is 5.98. The summed E-state index contributed by atoms with van der Waals surface area (Å²) in [5, 5.41) is 10.1. The number of rotatable bonds is 2. The number of ether oxygens (including phenoxy) is 1. The molecule has 0 saturated heterocycles. The summed E-state index contributed by atoms with van der Waals surface area (Å²) in [5.41, 5.74) is 2.09. The number of fused-ring (bicyclic) bond motifs is 2. The molecule has 4 rings (SSSR count). The van der Waals surface area contributed by atoms with Crippen molar-refractivity contribution in [1.82, 2.24) is 20.2 Å². The number of carbonyl (C=O) groups is 1. The van der Waals surface area contributed by atoms with E-state index in [9.17, 15) is 14.4 Å². The van der Waals surface area contributed by atoms with E-state index in [0.717, 1.165) is 16.8 Å². The van der Waals surface area contributed by atoms with Gasteiger partial charge in [0.05, 0.1) is 18.2 Å². The molecule has 0 unspecified atom stereocenters. The zero-order valence-electron chi connectivity index (χ0n) is 14.0. The fourth-order valence-electron chi connectivity index (χ4n) is 3.28. The number of H-pyrrole nitrogens is 3. The topological polar surface area (TPSA) is 133 Å². The first-order chi connectivity index (χ1) is 12.5. The molecular formula is C17H15N5O4. The van der Waals surface area contributed by atoms with E-state index in [2.05, 4.69) is 25.5 Å². The number of benzene rings is 1. The Morgan fingerprint density at radius 1 is 1.12 bits per heavy atom. The van der Waals surface area contributed by atoms with Crippen molar-refractivity contribution in [1.29, 1.82) is 0 Å². The number of nitrogens with zero attached hydrogens (tertiary/aromatic N) is 1. The van der Waals surface area contributed by atoms with Gasteiger partial charge in [0.2, 0.25) is 0 Å². The van der Waals surface area contributed by atoms with Gasteiger partial charge in [-0.2, -0.15) is 5.10 Å². The standard InChI is InChI=1S/C17H15N5O4/c1-7-10-11(8-3-5-9(6-4-8)16(24)26-2)12-13(18-14(10)22-21-7)19-17(25)20-15(12)23/h3-6,11H,1-2H3,(H4,18,19,20,21,22,23,25)/t11-/m1/s1. The normalized spacial score (nSPS) is 14.9. The fraction of sp³-hybridized carbons (Fsp3) is 0.176. The highest BCUT2D eigenvalue weighted by molar-refractivity contribution is 5.89. The molecule has 0 aliphatic carbocycles. The molecular weight excluding hydrogens is 338 g/mol. The summed E-state index contributed by atoms with van der Waals surface area (Å²) in [5.74, 6) is -0.0463. The molecule has 9 nitrogen and oxygen atoms in total. The van der Waals surface area contributed by atoms with Crippen molar-refractivity contribution in [2.24, 2.45) is 0 Å². The van der Waals surface area contributed by atoms with Gasteiger partial charge in [-0.15, -0.1) is 0 Å². The lowest BCUT2D eigenvalue weighted by Gasteiger charge is -2.25. The Bertz CT molecular complexity index is 1120. The summed E-state index contributed by atoms with van der Waals surface area (Å²) < 4.78 is 4.71. The summed E-state index contributed by atoms with van der Waals surface area (Å²) >= 11 is 0. The van der Waals surface area contributed by atoms with E-state index >= 15 is 0 Å². The van der Waals surface area contributed by atoms with Crippen LogP contribution >= 0.6 is 0 Å². The Morgan fingerprint density at radius 2 is 1.85 bits per heavy atom. The lowest BCUT2D eigenvalue weighted by molar-refractivity contribution is 0.0600. The van der Waals surface area contributed by atoms with Crippen LogP contribution in [0.2, 0.25) is 0 Å². The summed E-state index contributed by atoms with van der Waals surface area (Å²) in [6.07, 6.45) is 0. The Hall–Kier alpha value is -3.62. The van der Waals surface area contributed by atoms with Crippen LogP contribution in [0.25, 0.3) is 0 Å². The lowest BCUT2D eigenvalue weighted by Crippen LogP contribution is -2.31. The summed E-state index contributed by atoms with van der Waals surface area (Å²) in [4.78, 5) is 40.7. The van der Waals surface area contributed by atoms with Gasteiger partial charge >= 0.3 is 11.7 Å². The summed E-state index contributed by atoms with van der Waals surface area (Å²) in [7, 11) is 1.32. The molecule has 1 atom stereocenters. The minimum atomic E-state index is -0.600. The van der Waals surface area contributed by atoms with Gasteiger partial charge in [-0.05, 0) is 24.6 Å². The van der Waals surface area contributed by atoms with Crippen LogP contribution < -0.4 is 16.6 Å². The maximum atomic E-state index is 12.5. The van der Waals surface area contributed by atoms with Crippen molar-refractivity contribution >= 4 is 17.6 Å². The number of hydrogen-bond donors (Lipinski definition) is 4. The molecule has 1 aliphatic heterocycles. The number of methoxy groups -OCH3 is 1. The Kier molecular flexibility index (Phi) is 3.50. The van der Waals surface area contributed by atoms with Crippen LogP contribution in [0.3, 0.4) is 0 Å². The van der Waals surface area contributed by atoms with Crippen molar-refractivity contribution in [3.8, 4) is 0 Å². The second kappa shape index (κ2) is 5.73. The van der Waals surface area contributed by atoms with E-state index in [1.807, 2.05) is 6.92 Å². The molecule has 1 aliphatic rings. The minimum Gasteiger partial charge on any atom is -0.465 e. The van der Waals surface area contributed by atoms with E-state index in [1.165, 1.54) is 7.11 Å². The van der Waals surface area contributed by atoms with Gasteiger partial charge in [0.15, 0.2) is 5.82 Å². The Labute approximate surface area is 146 Å². The first-order valence-corrected chi connectivity index (χ1v) is 7.86. The highest BCUT2D eigenvalue weighted by Gasteiger charge is 2.33. The number of aromatic amines is 3. The van der Waals surface area contributed by atoms with Crippen LogP contribution in [0.15, 0.2) is 33.9 Å². The number of carbonyl (C=O) groups excluding carboxylic acids is 1. The van der Waals surface area contributed by atoms with Crippen LogP contribution in [0.1, 0.15) is 38.7 Å². The van der Waals surface area contributed by atoms with Gasteiger partial charge in [0, 0.05) is 17.2 Å². The number of hydrogen-bond acceptors (Lipinski definition) is 6. The zero-order valence-corrected chi connectivity index (χ0v) is 14.0. The molecule has 3 aromatic rings. The van der Waals surface area contributed by atoms with E-state index in [4.69, 9.17) is 4.74 Å². The highest BCUT2D eigenvalue weighted by Crippen LogP contribution is 2.42. The van der Waals surface area contributed by atoms with Gasteiger partial charge in [-0.1, -0.05) is 12.1 Å². The van der Waals surface area contributed by atoms with Crippen molar-refractivity contribution in [2.75, 3.05) is 12.4 Å². The first kappa shape index (κ1) is 15.9. The molecule has 0 spiro atoms. The fourth-order valence-corrected chi connectivity index (χ4v) is 3.28. The summed E-state index contributed by atoms with van der Waals surface area (Å²) in [6.45, 7) is 1.86. The SMILES string of the molecule is COC(=O)c1ccc([C@@H]2c3c(n[nH]c3C)Nc3[nH]c(=O)[nH]c(=O)c32)cc1. The molecule has 4 N–H and O–H groups in total. The molecule has 132 valence electrons. The third-order valence-electron chi connectivity index (χ3n) is 4.46. The minimum absolute atomic E-state index is 0.305. The molecule has 0 saturated carbocycles. The van der Waals surface area contributed by atoms with E-state index in [0.29, 0.717) is 22.8 Å². The van der Waals surface area contributed by atoms with Crippen LogP contribution in [0, 0.1) is 6.92 Å². The third kappa shape index (κ3) is 2.32. The smallest absolute Gasteiger partial charge is 0.337 e. The van der Waals surface area contributed by atoms with E-state index < -0.39 is 23.1 Å². The van der Waals surface area contributed by atoms with E-state index in [-0.39, 0.29) is 0 Å². The molecule has 0 bridgehead atoms. The molecule has 3 heterocycles. The van der Waals surface area contributed by atoms with Crippen LogP contribution in [0.4, 0.5) is 11.6 Å². The second-order valence-corrected chi connectivity index (χ2v) is 5.98. The van der Waals surface area contributed by atoms with Gasteiger partial charge in [-0.25, -0.2) is 9.59 Å². The monoisotopic (exact) mass is 353 g/mol. The third-order valence-corrected chi connectivity index (χ3v) is 4.46. The van der Waals surface area contributed by atoms with Crippen LogP contribution in [-0.2, 0) is 4.74 Å². The molecule has 26 heavy (non-hydrogen) atoms. The molecule has 0 radical (unpaired) electrons. The van der Waals surface area contributed by atoms with Gasteiger partial charge in [0.25, 0.3) is 5.56 Å². The molecule has 0 fully saturated rings. The van der Waals surface area contributed by atoms with Crippen LogP contribution in [-0.4, -0.2) is 33.2 Å². The predicted octanol–water partition coefficient (Wildman–Crippen LogP) is 1.12. The van der Waals surface area contributed by atoms with Gasteiger partial charge in [0.1, 0.15) is 5.82 Å². The predicted molar refractivity (Wildman–Crippen MR) is 93.0 cm³/mol. The average molecular weight is 353 g/mol. The maximum absolute atomic E-state index is 12.5. The van der Waals surface area contributed by atoms with Crippen molar-refractivity contribution in [2.45, 2.75) is 12.8 Å². The van der Waals surface area contributed by atoms with Crippen molar-refractivity contribution in [3.05, 3.63) is 73.1 Å². The molecule has 9 heteroatoms. The maximum Gasteiger partial charge on any atom is 0.337 e. The number of anilines is 2. The number of nitrogens with one attached hydrogen (secondary N) is 4. The molecule has 1 aromatic carbocycles. The Morgan fingerprint density at radius 3 is 2.54 bits per heavy atom. The van der Waals surface area contributed by atoms with Gasteiger partial charge in [-0.3, -0.25) is 19.9 Å². The largest absolute Gasteiger partial charge is 0.465 e. The Balaban J connectivity index is 1.93. The number of aromatic nitrogens is 4. The van der Waals surface area contributed by atoms with Crippen molar-refractivity contribution < 1.29 is 9.53 Å².